The van der Waals surface area contributed by atoms with Crippen molar-refractivity contribution in [2.45, 2.75) is 62.8 Å². The number of benzene rings is 1. The van der Waals surface area contributed by atoms with Gasteiger partial charge in [-0.15, -0.1) is 0 Å². The maximum absolute atomic E-state index is 12.2. The van der Waals surface area contributed by atoms with Gasteiger partial charge in [-0.3, -0.25) is 9.69 Å². The molecule has 6 rings (SSSR count). The molecule has 6 nitrogen and oxygen atoms in total. The minimum atomic E-state index is -0.715. The van der Waals surface area contributed by atoms with E-state index >= 15 is 0 Å². The first-order valence-electron chi connectivity index (χ1n) is 11.4. The molecule has 3 heterocycles. The SMILES string of the molecule is CC[C@]12C3CC3CN3CCC4(c5ccc(OC)cc5N(C)C4C(O)C1OC(C)=O)[C@@H]32. The summed E-state index contributed by atoms with van der Waals surface area (Å²) in [5, 5.41) is 11.9. The van der Waals surface area contributed by atoms with Crippen LogP contribution in [-0.4, -0.2) is 67.5 Å². The van der Waals surface area contributed by atoms with E-state index in [1.807, 2.05) is 0 Å². The number of anilines is 1. The Labute approximate surface area is 178 Å². The molecule has 6 unspecified atom stereocenters. The Balaban J connectivity index is 1.60. The minimum absolute atomic E-state index is 0.103. The number of carbonyl (C=O) groups excluding carboxylic acids is 1. The Hall–Kier alpha value is -1.79. The van der Waals surface area contributed by atoms with Crippen LogP contribution in [0.5, 0.6) is 5.75 Å². The van der Waals surface area contributed by atoms with Crippen molar-refractivity contribution in [3.05, 3.63) is 23.8 Å². The second-order valence-electron chi connectivity index (χ2n) is 10.2. The zero-order valence-electron chi connectivity index (χ0n) is 18.3. The molecule has 3 aliphatic heterocycles. The molecule has 1 aromatic rings. The highest BCUT2D eigenvalue weighted by atomic mass is 16.6. The van der Waals surface area contributed by atoms with Crippen molar-refractivity contribution in [3.8, 4) is 5.75 Å². The van der Waals surface area contributed by atoms with Crippen LogP contribution in [0.15, 0.2) is 18.2 Å². The van der Waals surface area contributed by atoms with Crippen LogP contribution in [0.25, 0.3) is 0 Å². The lowest BCUT2D eigenvalue weighted by Gasteiger charge is -2.62. The molecule has 2 aliphatic carbocycles. The number of piperidine rings is 1. The predicted octanol–water partition coefficient (Wildman–Crippen LogP) is 2.18. The van der Waals surface area contributed by atoms with E-state index in [0.29, 0.717) is 11.8 Å². The Morgan fingerprint density at radius 1 is 1.37 bits per heavy atom. The molecule has 162 valence electrons. The van der Waals surface area contributed by atoms with Crippen LogP contribution in [0.4, 0.5) is 5.69 Å². The van der Waals surface area contributed by atoms with Gasteiger partial charge in [-0.25, -0.2) is 0 Å². The van der Waals surface area contributed by atoms with E-state index in [2.05, 4.69) is 42.0 Å². The van der Waals surface area contributed by atoms with Gasteiger partial charge in [0.15, 0.2) is 0 Å². The molecule has 2 saturated carbocycles. The van der Waals surface area contributed by atoms with Gasteiger partial charge < -0.3 is 19.5 Å². The number of aliphatic hydroxyl groups is 1. The molecule has 4 fully saturated rings. The zero-order valence-corrected chi connectivity index (χ0v) is 18.3. The number of fused-ring (bicyclic) bond motifs is 3. The van der Waals surface area contributed by atoms with Gasteiger partial charge in [-0.1, -0.05) is 13.0 Å². The number of rotatable bonds is 3. The standard InChI is InChI=1S/C24H32N2O4/c1-5-23-17-10-14(17)12-26-9-8-24(22(23)26)16-7-6-15(29-4)11-18(16)25(3)20(24)19(28)21(23)30-13(2)27/h6-7,11,14,17,19-22,28H,5,8-10,12H2,1-4H3/t14?,17?,19?,20?,21?,22-,23-,24?/m0/s1. The van der Waals surface area contributed by atoms with Crippen LogP contribution in [0.3, 0.4) is 0 Å². The monoisotopic (exact) mass is 412 g/mol. The number of methoxy groups -OCH3 is 1. The van der Waals surface area contributed by atoms with Gasteiger partial charge in [-0.05, 0) is 49.3 Å². The molecule has 1 N–H and O–H groups in total. The fourth-order valence-electron chi connectivity index (χ4n) is 8.52. The molecule has 0 radical (unpaired) electrons. The summed E-state index contributed by atoms with van der Waals surface area (Å²) in [4.78, 5) is 17.1. The molecule has 1 aromatic carbocycles. The number of hydrogen-bond acceptors (Lipinski definition) is 6. The summed E-state index contributed by atoms with van der Waals surface area (Å²) in [5.74, 6) is 1.76. The topological polar surface area (TPSA) is 62.2 Å². The lowest BCUT2D eigenvalue weighted by molar-refractivity contribution is -0.205. The zero-order chi connectivity index (χ0) is 21.0. The quantitative estimate of drug-likeness (QED) is 0.768. The highest BCUT2D eigenvalue weighted by molar-refractivity contribution is 5.70. The van der Waals surface area contributed by atoms with Crippen molar-refractivity contribution in [2.75, 3.05) is 32.1 Å². The van der Waals surface area contributed by atoms with Gasteiger partial charge in [0, 0.05) is 49.1 Å². The predicted molar refractivity (Wildman–Crippen MR) is 113 cm³/mol. The van der Waals surface area contributed by atoms with Crippen LogP contribution in [0.2, 0.25) is 0 Å². The molecule has 5 aliphatic rings. The number of ether oxygens (including phenoxy) is 2. The van der Waals surface area contributed by atoms with Crippen LogP contribution in [-0.2, 0) is 14.9 Å². The number of aliphatic hydroxyl groups excluding tert-OH is 1. The van der Waals surface area contributed by atoms with E-state index in [-0.39, 0.29) is 28.9 Å². The van der Waals surface area contributed by atoms with Gasteiger partial charge in [0.2, 0.25) is 0 Å². The largest absolute Gasteiger partial charge is 0.497 e. The number of nitrogens with zero attached hydrogens (tertiary/aromatic N) is 2. The summed E-state index contributed by atoms with van der Waals surface area (Å²) in [7, 11) is 3.78. The highest BCUT2D eigenvalue weighted by Gasteiger charge is 2.78. The third-order valence-corrected chi connectivity index (χ3v) is 9.36. The Bertz CT molecular complexity index is 920. The Morgan fingerprint density at radius 2 is 2.17 bits per heavy atom. The summed E-state index contributed by atoms with van der Waals surface area (Å²) in [5.41, 5.74) is 2.14. The summed E-state index contributed by atoms with van der Waals surface area (Å²) in [6.45, 7) is 5.91. The molecule has 8 atom stereocenters. The molecule has 0 bridgehead atoms. The molecule has 30 heavy (non-hydrogen) atoms. The summed E-state index contributed by atoms with van der Waals surface area (Å²) in [6.07, 6.45) is 1.98. The normalized spacial score (nSPS) is 45.3. The third-order valence-electron chi connectivity index (χ3n) is 9.36. The first-order chi connectivity index (χ1) is 14.4. The van der Waals surface area contributed by atoms with E-state index in [1.165, 1.54) is 18.9 Å². The number of carbonyl (C=O) groups is 1. The van der Waals surface area contributed by atoms with E-state index in [0.717, 1.165) is 37.4 Å². The van der Waals surface area contributed by atoms with Crippen molar-refractivity contribution in [2.24, 2.45) is 17.3 Å². The fourth-order valence-corrected chi connectivity index (χ4v) is 8.52. The van der Waals surface area contributed by atoms with E-state index in [9.17, 15) is 9.90 Å². The van der Waals surface area contributed by atoms with E-state index in [4.69, 9.17) is 9.47 Å². The maximum Gasteiger partial charge on any atom is 0.303 e. The number of likely N-dealkylation sites (N-methyl/N-ethyl adjacent to an activating group) is 1. The van der Waals surface area contributed by atoms with Crippen molar-refractivity contribution in [1.82, 2.24) is 4.90 Å². The second-order valence-corrected chi connectivity index (χ2v) is 10.2. The summed E-state index contributed by atoms with van der Waals surface area (Å²) >= 11 is 0. The van der Waals surface area contributed by atoms with Crippen molar-refractivity contribution in [1.29, 1.82) is 0 Å². The Kier molecular flexibility index (Phi) is 3.73. The molecular formula is C24H32N2O4. The summed E-state index contributed by atoms with van der Waals surface area (Å²) in [6, 6.07) is 6.58. The molecule has 1 spiro atoms. The first-order valence-corrected chi connectivity index (χ1v) is 11.4. The molecule has 6 heteroatoms. The van der Waals surface area contributed by atoms with E-state index in [1.54, 1.807) is 7.11 Å². The van der Waals surface area contributed by atoms with Crippen LogP contribution in [0, 0.1) is 17.3 Å². The molecule has 0 amide bonds. The third kappa shape index (κ3) is 1.96. The van der Waals surface area contributed by atoms with Crippen LogP contribution in [0.1, 0.15) is 38.7 Å². The van der Waals surface area contributed by atoms with Gasteiger partial charge in [0.25, 0.3) is 0 Å². The lowest BCUT2D eigenvalue weighted by Crippen LogP contribution is -2.75. The average molecular weight is 413 g/mol. The average Bonchev–Trinajstić information content (AvgIpc) is 3.36. The minimum Gasteiger partial charge on any atom is -0.497 e. The maximum atomic E-state index is 12.2. The molecular weight excluding hydrogens is 380 g/mol. The Morgan fingerprint density at radius 3 is 2.87 bits per heavy atom. The van der Waals surface area contributed by atoms with Gasteiger partial charge in [0.05, 0.1) is 13.2 Å². The number of hydrogen-bond donors (Lipinski definition) is 1. The fraction of sp³-hybridized carbons (Fsp3) is 0.708. The lowest BCUT2D eigenvalue weighted by atomic mass is 9.49. The van der Waals surface area contributed by atoms with Gasteiger partial charge >= 0.3 is 5.97 Å². The summed E-state index contributed by atoms with van der Waals surface area (Å²) < 4.78 is 11.5. The van der Waals surface area contributed by atoms with Crippen molar-refractivity contribution < 1.29 is 19.4 Å². The van der Waals surface area contributed by atoms with Crippen LogP contribution >= 0.6 is 0 Å². The smallest absolute Gasteiger partial charge is 0.303 e. The van der Waals surface area contributed by atoms with E-state index < -0.39 is 12.2 Å². The molecule has 2 saturated heterocycles. The first kappa shape index (κ1) is 18.9. The second kappa shape index (κ2) is 5.92. The number of esters is 1. The highest BCUT2D eigenvalue weighted by Crippen LogP contribution is 2.72. The van der Waals surface area contributed by atoms with Gasteiger partial charge in [-0.2, -0.15) is 0 Å². The van der Waals surface area contributed by atoms with Crippen molar-refractivity contribution in [3.63, 3.8) is 0 Å². The molecule has 0 aromatic heterocycles. The van der Waals surface area contributed by atoms with Crippen molar-refractivity contribution >= 4 is 11.7 Å². The van der Waals surface area contributed by atoms with Gasteiger partial charge in [0.1, 0.15) is 18.0 Å². The van der Waals surface area contributed by atoms with Crippen LogP contribution < -0.4 is 9.64 Å².